The fourth-order valence-electron chi connectivity index (χ4n) is 0.361. The minimum atomic E-state index is 0.547. The van der Waals surface area contributed by atoms with Crippen molar-refractivity contribution < 1.29 is 4.42 Å². The summed E-state index contributed by atoms with van der Waals surface area (Å²) in [6.45, 7) is 0. The van der Waals surface area contributed by atoms with E-state index in [2.05, 4.69) is 33.5 Å². The Hall–Kier alpha value is 0.0400. The summed E-state index contributed by atoms with van der Waals surface area (Å²) >= 11 is 7.06. The number of thiol groups is 1. The third-order valence-corrected chi connectivity index (χ3v) is 1.30. The van der Waals surface area contributed by atoms with Gasteiger partial charge in [-0.2, -0.15) is 12.6 Å². The van der Waals surface area contributed by atoms with Crippen molar-refractivity contribution in [3.8, 4) is 0 Å². The number of hydrogen-bond acceptors (Lipinski definition) is 3. The minimum Gasteiger partial charge on any atom is -0.433 e. The third-order valence-electron chi connectivity index (χ3n) is 0.661. The molecule has 1 heterocycles. The summed E-state index contributed by atoms with van der Waals surface area (Å²) in [6, 6.07) is 0. The van der Waals surface area contributed by atoms with Gasteiger partial charge in [-0.3, -0.25) is 0 Å². The number of aromatic nitrogens is 1. The molecule has 0 fully saturated rings. The molecule has 44 valence electrons. The van der Waals surface area contributed by atoms with Gasteiger partial charge in [0.2, 0.25) is 5.89 Å². The smallest absolute Gasteiger partial charge is 0.205 e. The lowest BCUT2D eigenvalue weighted by atomic mass is 10.8. The Kier molecular flexibility index (Phi) is 1.96. The highest BCUT2D eigenvalue weighted by Crippen LogP contribution is 2.11. The molecule has 0 spiro atoms. The average Bonchev–Trinajstić information content (AvgIpc) is 2.14. The van der Waals surface area contributed by atoms with Crippen molar-refractivity contribution >= 4 is 28.6 Å². The molecule has 1 aromatic heterocycles. The molecule has 0 aliphatic rings. The molecule has 1 aromatic rings. The van der Waals surface area contributed by atoms with Crippen molar-refractivity contribution in [1.82, 2.24) is 4.98 Å². The lowest BCUT2D eigenvalue weighted by molar-refractivity contribution is 0.496. The zero-order valence-corrected chi connectivity index (χ0v) is 6.45. The van der Waals surface area contributed by atoms with E-state index in [1.54, 1.807) is 6.20 Å². The summed E-state index contributed by atoms with van der Waals surface area (Å²) in [6.07, 6.45) is 1.60. The predicted molar refractivity (Wildman–Crippen MR) is 36.9 cm³/mol. The van der Waals surface area contributed by atoms with Gasteiger partial charge >= 0.3 is 0 Å². The molecule has 0 unspecified atom stereocenters. The fraction of sp³-hybridized carbons (Fsp3) is 0.250. The predicted octanol–water partition coefficient (Wildman–Crippen LogP) is 1.87. The number of oxazole rings is 1. The molecule has 0 aromatic carbocycles. The van der Waals surface area contributed by atoms with Gasteiger partial charge in [0.25, 0.3) is 0 Å². The maximum atomic E-state index is 4.96. The molecular weight excluding hydrogens is 190 g/mol. The molecule has 0 atom stereocenters. The van der Waals surface area contributed by atoms with E-state index in [0.717, 1.165) is 0 Å². The Bertz CT molecular complexity index is 176. The molecule has 0 saturated heterocycles. The Morgan fingerprint density at radius 2 is 2.62 bits per heavy atom. The number of hydrogen-bond donors (Lipinski definition) is 1. The summed E-state index contributed by atoms with van der Waals surface area (Å²) in [5.74, 6) is 1.19. The molecule has 0 N–H and O–H groups in total. The SMILES string of the molecule is SCc1ncc(Br)o1. The quantitative estimate of drug-likeness (QED) is 0.690. The van der Waals surface area contributed by atoms with Crippen molar-refractivity contribution in [2.24, 2.45) is 0 Å². The van der Waals surface area contributed by atoms with Crippen molar-refractivity contribution in [1.29, 1.82) is 0 Å². The van der Waals surface area contributed by atoms with Crippen LogP contribution in [0.4, 0.5) is 0 Å². The van der Waals surface area contributed by atoms with Gasteiger partial charge in [-0.05, 0) is 15.9 Å². The molecule has 8 heavy (non-hydrogen) atoms. The Labute approximate surface area is 60.8 Å². The van der Waals surface area contributed by atoms with E-state index < -0.39 is 0 Å². The van der Waals surface area contributed by atoms with Gasteiger partial charge in [0, 0.05) is 0 Å². The van der Waals surface area contributed by atoms with Crippen molar-refractivity contribution in [2.45, 2.75) is 5.75 Å². The van der Waals surface area contributed by atoms with E-state index in [0.29, 0.717) is 16.3 Å². The molecule has 0 saturated carbocycles. The second kappa shape index (κ2) is 2.55. The molecule has 0 aliphatic heterocycles. The maximum absolute atomic E-state index is 4.96. The van der Waals surface area contributed by atoms with Gasteiger partial charge in [-0.25, -0.2) is 4.98 Å². The van der Waals surface area contributed by atoms with Gasteiger partial charge in [-0.15, -0.1) is 0 Å². The van der Waals surface area contributed by atoms with E-state index >= 15 is 0 Å². The lowest BCUT2D eigenvalue weighted by Gasteiger charge is -1.79. The van der Waals surface area contributed by atoms with Crippen molar-refractivity contribution in [3.05, 3.63) is 16.8 Å². The average molecular weight is 194 g/mol. The van der Waals surface area contributed by atoms with Crippen LogP contribution < -0.4 is 0 Å². The molecule has 0 bridgehead atoms. The number of nitrogens with zero attached hydrogens (tertiary/aromatic N) is 1. The summed E-state index contributed by atoms with van der Waals surface area (Å²) in [4.78, 5) is 3.84. The van der Waals surface area contributed by atoms with Crippen LogP contribution in [0.15, 0.2) is 15.3 Å². The summed E-state index contributed by atoms with van der Waals surface area (Å²) in [5, 5.41) is 0. The largest absolute Gasteiger partial charge is 0.433 e. The van der Waals surface area contributed by atoms with Crippen LogP contribution in [0.1, 0.15) is 5.89 Å². The first-order chi connectivity index (χ1) is 3.83. The van der Waals surface area contributed by atoms with Crippen LogP contribution in [0.25, 0.3) is 0 Å². The van der Waals surface area contributed by atoms with E-state index in [9.17, 15) is 0 Å². The number of halogens is 1. The van der Waals surface area contributed by atoms with Crippen molar-refractivity contribution in [2.75, 3.05) is 0 Å². The molecule has 0 amide bonds. The zero-order valence-electron chi connectivity index (χ0n) is 3.97. The molecule has 4 heteroatoms. The Morgan fingerprint density at radius 1 is 1.88 bits per heavy atom. The van der Waals surface area contributed by atoms with E-state index in [1.807, 2.05) is 0 Å². The molecule has 0 radical (unpaired) electrons. The molecular formula is C4H4BrNOS. The van der Waals surface area contributed by atoms with E-state index in [1.165, 1.54) is 0 Å². The normalized spacial score (nSPS) is 9.75. The van der Waals surface area contributed by atoms with Gasteiger partial charge < -0.3 is 4.42 Å². The summed E-state index contributed by atoms with van der Waals surface area (Å²) in [7, 11) is 0. The first-order valence-electron chi connectivity index (χ1n) is 2.04. The van der Waals surface area contributed by atoms with Crippen LogP contribution in [-0.2, 0) is 5.75 Å². The van der Waals surface area contributed by atoms with Crippen LogP contribution in [-0.4, -0.2) is 4.98 Å². The summed E-state index contributed by atoms with van der Waals surface area (Å²) < 4.78 is 5.62. The second-order valence-electron chi connectivity index (χ2n) is 1.22. The first-order valence-corrected chi connectivity index (χ1v) is 3.46. The van der Waals surface area contributed by atoms with Crippen LogP contribution in [0, 0.1) is 0 Å². The highest BCUT2D eigenvalue weighted by atomic mass is 79.9. The van der Waals surface area contributed by atoms with Crippen LogP contribution >= 0.6 is 28.6 Å². The fourth-order valence-corrected chi connectivity index (χ4v) is 0.797. The highest BCUT2D eigenvalue weighted by Gasteiger charge is 1.95. The Morgan fingerprint density at radius 3 is 2.88 bits per heavy atom. The Balaban J connectivity index is 2.84. The molecule has 0 aliphatic carbocycles. The monoisotopic (exact) mass is 193 g/mol. The van der Waals surface area contributed by atoms with Gasteiger partial charge in [0.05, 0.1) is 11.9 Å². The summed E-state index contributed by atoms with van der Waals surface area (Å²) in [5.41, 5.74) is 0. The van der Waals surface area contributed by atoms with Gasteiger partial charge in [-0.1, -0.05) is 0 Å². The first kappa shape index (κ1) is 6.16. The van der Waals surface area contributed by atoms with E-state index in [4.69, 9.17) is 4.42 Å². The maximum Gasteiger partial charge on any atom is 0.205 e. The zero-order chi connectivity index (χ0) is 5.98. The third kappa shape index (κ3) is 1.26. The van der Waals surface area contributed by atoms with Gasteiger partial charge in [0.15, 0.2) is 4.67 Å². The lowest BCUT2D eigenvalue weighted by Crippen LogP contribution is -1.70. The van der Waals surface area contributed by atoms with Crippen LogP contribution in [0.5, 0.6) is 0 Å². The molecule has 2 nitrogen and oxygen atoms in total. The van der Waals surface area contributed by atoms with Crippen LogP contribution in [0.3, 0.4) is 0 Å². The highest BCUT2D eigenvalue weighted by molar-refractivity contribution is 9.10. The second-order valence-corrected chi connectivity index (χ2v) is 2.31. The number of rotatable bonds is 1. The minimum absolute atomic E-state index is 0.547. The standard InChI is InChI=1S/C4H4BrNOS/c5-3-1-6-4(2-8)7-3/h1,8H,2H2. The molecule has 1 rings (SSSR count). The topological polar surface area (TPSA) is 26.0 Å². The van der Waals surface area contributed by atoms with Crippen LogP contribution in [0.2, 0.25) is 0 Å². The van der Waals surface area contributed by atoms with E-state index in [-0.39, 0.29) is 0 Å². The van der Waals surface area contributed by atoms with Crippen molar-refractivity contribution in [3.63, 3.8) is 0 Å². The van der Waals surface area contributed by atoms with Gasteiger partial charge in [0.1, 0.15) is 0 Å².